The van der Waals surface area contributed by atoms with E-state index in [1.165, 1.54) is 4.90 Å². The standard InChI is InChI=1S/C30H37N5O6/c1-2-41-29(40)30-15-13-23(33-25(36)21(31)17-19-9-5-3-6-10-19)28(39)35(30)24(14-16-30)27(38)34-26(37)22(32)18-20-11-7-4-8-12-20/h3-12,21-24H,2,13-18,31-32H2,1H3,(H,33,36)(H,34,37,38)/t21-,22-,23-,24-,30-/m0/s1. The lowest BCUT2D eigenvalue weighted by molar-refractivity contribution is -0.169. The Morgan fingerprint density at radius 2 is 1.44 bits per heavy atom. The van der Waals surface area contributed by atoms with Crippen LogP contribution in [0.4, 0.5) is 0 Å². The van der Waals surface area contributed by atoms with Crippen molar-refractivity contribution in [1.29, 1.82) is 0 Å². The number of imide groups is 1. The van der Waals surface area contributed by atoms with Crippen molar-refractivity contribution in [3.05, 3.63) is 71.8 Å². The molecule has 2 aromatic rings. The van der Waals surface area contributed by atoms with Gasteiger partial charge in [-0.15, -0.1) is 0 Å². The second kappa shape index (κ2) is 13.0. The summed E-state index contributed by atoms with van der Waals surface area (Å²) in [5.41, 5.74) is 12.5. The summed E-state index contributed by atoms with van der Waals surface area (Å²) in [4.78, 5) is 67.2. The number of nitrogens with two attached hydrogens (primary N) is 2. The van der Waals surface area contributed by atoms with Gasteiger partial charge in [0.25, 0.3) is 0 Å². The fraction of sp³-hybridized carbons (Fsp3) is 0.433. The molecule has 4 rings (SSSR count). The number of amides is 4. The van der Waals surface area contributed by atoms with Gasteiger partial charge in [-0.25, -0.2) is 4.79 Å². The summed E-state index contributed by atoms with van der Waals surface area (Å²) < 4.78 is 5.31. The second-order valence-corrected chi connectivity index (χ2v) is 10.6. The molecular formula is C30H37N5O6. The van der Waals surface area contributed by atoms with E-state index >= 15 is 0 Å². The van der Waals surface area contributed by atoms with Crippen molar-refractivity contribution in [2.24, 2.45) is 11.5 Å². The molecule has 5 atom stereocenters. The molecule has 2 fully saturated rings. The fourth-order valence-electron chi connectivity index (χ4n) is 5.66. The second-order valence-electron chi connectivity index (χ2n) is 10.6. The molecule has 4 amide bonds. The molecule has 2 aromatic carbocycles. The number of ether oxygens (including phenoxy) is 1. The van der Waals surface area contributed by atoms with Gasteiger partial charge in [0.2, 0.25) is 23.6 Å². The van der Waals surface area contributed by atoms with Gasteiger partial charge in [0.05, 0.1) is 18.7 Å². The van der Waals surface area contributed by atoms with Crippen LogP contribution in [0, 0.1) is 0 Å². The van der Waals surface area contributed by atoms with Gasteiger partial charge in [-0.3, -0.25) is 24.5 Å². The minimum Gasteiger partial charge on any atom is -0.464 e. The Morgan fingerprint density at radius 1 is 0.902 bits per heavy atom. The molecule has 41 heavy (non-hydrogen) atoms. The van der Waals surface area contributed by atoms with Crippen molar-refractivity contribution >= 4 is 29.6 Å². The van der Waals surface area contributed by atoms with E-state index in [4.69, 9.17) is 16.2 Å². The van der Waals surface area contributed by atoms with Crippen molar-refractivity contribution in [2.75, 3.05) is 6.61 Å². The highest BCUT2D eigenvalue weighted by atomic mass is 16.5. The van der Waals surface area contributed by atoms with Crippen LogP contribution in [0.1, 0.15) is 43.7 Å². The lowest BCUT2D eigenvalue weighted by Crippen LogP contribution is -2.67. The van der Waals surface area contributed by atoms with Crippen LogP contribution in [-0.4, -0.2) is 70.8 Å². The van der Waals surface area contributed by atoms with Gasteiger partial charge in [0.1, 0.15) is 17.6 Å². The summed E-state index contributed by atoms with van der Waals surface area (Å²) in [6.07, 6.45) is 1.19. The van der Waals surface area contributed by atoms with Gasteiger partial charge < -0.3 is 26.4 Å². The number of nitrogens with zero attached hydrogens (tertiary/aromatic N) is 1. The van der Waals surface area contributed by atoms with E-state index in [0.717, 1.165) is 11.1 Å². The van der Waals surface area contributed by atoms with Gasteiger partial charge in [0, 0.05) is 0 Å². The van der Waals surface area contributed by atoms with Crippen LogP contribution in [0.3, 0.4) is 0 Å². The number of carbonyl (C=O) groups is 5. The normalized spacial score (nSPS) is 23.2. The maximum atomic E-state index is 13.8. The Morgan fingerprint density at radius 3 is 2.00 bits per heavy atom. The predicted molar refractivity (Wildman–Crippen MR) is 150 cm³/mol. The van der Waals surface area contributed by atoms with E-state index in [0.29, 0.717) is 0 Å². The third-order valence-electron chi connectivity index (χ3n) is 7.78. The Labute approximate surface area is 239 Å². The topological polar surface area (TPSA) is 174 Å². The summed E-state index contributed by atoms with van der Waals surface area (Å²) in [6.45, 7) is 1.76. The minimum atomic E-state index is -1.36. The molecule has 2 saturated heterocycles. The number of piperidine rings is 1. The molecule has 11 heteroatoms. The Kier molecular flexibility index (Phi) is 9.51. The van der Waals surface area contributed by atoms with Gasteiger partial charge >= 0.3 is 5.97 Å². The van der Waals surface area contributed by atoms with Crippen molar-refractivity contribution in [3.8, 4) is 0 Å². The van der Waals surface area contributed by atoms with Gasteiger partial charge in [0.15, 0.2) is 0 Å². The lowest BCUT2D eigenvalue weighted by Gasteiger charge is -2.44. The molecule has 6 N–H and O–H groups in total. The third-order valence-corrected chi connectivity index (χ3v) is 7.78. The zero-order valence-corrected chi connectivity index (χ0v) is 23.1. The van der Waals surface area contributed by atoms with Gasteiger partial charge in [-0.2, -0.15) is 0 Å². The van der Waals surface area contributed by atoms with Crippen molar-refractivity contribution in [3.63, 3.8) is 0 Å². The zero-order valence-electron chi connectivity index (χ0n) is 23.1. The molecule has 0 spiro atoms. The van der Waals surface area contributed by atoms with Crippen molar-refractivity contribution < 1.29 is 28.7 Å². The Balaban J connectivity index is 1.47. The first-order chi connectivity index (χ1) is 19.7. The number of hydrogen-bond acceptors (Lipinski definition) is 8. The molecule has 218 valence electrons. The van der Waals surface area contributed by atoms with E-state index < -0.39 is 59.3 Å². The Hall–Kier alpha value is -4.09. The van der Waals surface area contributed by atoms with Gasteiger partial charge in [-0.05, 0) is 56.6 Å². The highest BCUT2D eigenvalue weighted by Gasteiger charge is 2.60. The molecule has 0 aromatic heterocycles. The van der Waals surface area contributed by atoms with Crippen LogP contribution in [0.2, 0.25) is 0 Å². The molecule has 2 aliphatic rings. The zero-order chi connectivity index (χ0) is 29.6. The number of benzene rings is 2. The van der Waals surface area contributed by atoms with E-state index in [-0.39, 0.29) is 45.1 Å². The first-order valence-corrected chi connectivity index (χ1v) is 13.9. The van der Waals surface area contributed by atoms with E-state index in [9.17, 15) is 24.0 Å². The average Bonchev–Trinajstić information content (AvgIpc) is 3.37. The van der Waals surface area contributed by atoms with E-state index in [2.05, 4.69) is 10.6 Å². The van der Waals surface area contributed by atoms with E-state index in [1.807, 2.05) is 60.7 Å². The molecular weight excluding hydrogens is 526 g/mol. The van der Waals surface area contributed by atoms with Crippen LogP contribution in [0.25, 0.3) is 0 Å². The lowest BCUT2D eigenvalue weighted by atomic mass is 9.84. The van der Waals surface area contributed by atoms with Crippen LogP contribution < -0.4 is 22.1 Å². The maximum absolute atomic E-state index is 13.8. The van der Waals surface area contributed by atoms with E-state index in [1.54, 1.807) is 6.92 Å². The molecule has 11 nitrogen and oxygen atoms in total. The molecule has 0 unspecified atom stereocenters. The summed E-state index contributed by atoms with van der Waals surface area (Å²) in [5.74, 6) is -3.14. The number of rotatable bonds is 10. The largest absolute Gasteiger partial charge is 0.464 e. The summed E-state index contributed by atoms with van der Waals surface area (Å²) in [7, 11) is 0. The summed E-state index contributed by atoms with van der Waals surface area (Å²) in [5, 5.41) is 5.04. The van der Waals surface area contributed by atoms with Crippen LogP contribution >= 0.6 is 0 Å². The number of nitrogens with one attached hydrogen (secondary N) is 2. The molecule has 2 aliphatic heterocycles. The fourth-order valence-corrected chi connectivity index (χ4v) is 5.66. The predicted octanol–water partition coefficient (Wildman–Crippen LogP) is 0.341. The maximum Gasteiger partial charge on any atom is 0.332 e. The highest BCUT2D eigenvalue weighted by Crippen LogP contribution is 2.43. The molecule has 2 heterocycles. The van der Waals surface area contributed by atoms with Crippen LogP contribution in [0.15, 0.2) is 60.7 Å². The smallest absolute Gasteiger partial charge is 0.332 e. The van der Waals surface area contributed by atoms with Crippen LogP contribution in [-0.2, 0) is 41.6 Å². The van der Waals surface area contributed by atoms with Crippen molar-refractivity contribution in [1.82, 2.24) is 15.5 Å². The number of carbonyl (C=O) groups excluding carboxylic acids is 5. The SMILES string of the molecule is CCOC(=O)[C@@]12CC[C@H](NC(=O)[C@@H](N)Cc3ccccc3)C(=O)N1[C@H](C(=O)NC(=O)[C@@H](N)Cc1ccccc1)CC2. The minimum absolute atomic E-state index is 0.0980. The molecule has 0 radical (unpaired) electrons. The first kappa shape index (κ1) is 29.9. The van der Waals surface area contributed by atoms with Gasteiger partial charge in [-0.1, -0.05) is 60.7 Å². The molecule has 0 saturated carbocycles. The third kappa shape index (κ3) is 6.63. The highest BCUT2D eigenvalue weighted by molar-refractivity contribution is 6.04. The number of fused-ring (bicyclic) bond motifs is 1. The van der Waals surface area contributed by atoms with Crippen molar-refractivity contribution in [2.45, 2.75) is 75.2 Å². The van der Waals surface area contributed by atoms with Crippen LogP contribution in [0.5, 0.6) is 0 Å². The first-order valence-electron chi connectivity index (χ1n) is 13.9. The number of esters is 1. The summed E-state index contributed by atoms with van der Waals surface area (Å²) >= 11 is 0. The molecule has 0 bridgehead atoms. The quantitative estimate of drug-likeness (QED) is 0.299. The monoisotopic (exact) mass is 563 g/mol. The molecule has 0 aliphatic carbocycles. The number of hydrogen-bond donors (Lipinski definition) is 4. The Bertz CT molecular complexity index is 1270. The summed E-state index contributed by atoms with van der Waals surface area (Å²) in [6, 6.07) is 14.4. The average molecular weight is 564 g/mol.